The van der Waals surface area contributed by atoms with Crippen molar-refractivity contribution in [2.75, 3.05) is 66.1 Å². The molecule has 0 aromatic heterocycles. The first kappa shape index (κ1) is 48.8. The van der Waals surface area contributed by atoms with E-state index in [1.807, 2.05) is 0 Å². The molecule has 0 spiro atoms. The Balaban J connectivity index is 3.04. The summed E-state index contributed by atoms with van der Waals surface area (Å²) in [6, 6.07) is 0. The molecule has 0 aliphatic heterocycles. The predicted molar refractivity (Wildman–Crippen MR) is 213 cm³/mol. The van der Waals surface area contributed by atoms with Gasteiger partial charge in [-0.25, -0.2) is 0 Å². The standard InChI is InChI=1S/C44H90O5/c1-3-5-7-9-11-13-15-17-19-21-23-25-27-29-31-33-35-45-37-39-47-41-43-49-44-42-48-40-38-46-36-34-32-30-28-26-24-22-20-18-16-14-12-10-8-6-4-2/h3-44H2,1-2H3. The summed E-state index contributed by atoms with van der Waals surface area (Å²) in [6.07, 6.45) is 44.8. The molecule has 0 aliphatic rings. The molecular weight excluding hydrogens is 608 g/mol. The van der Waals surface area contributed by atoms with Gasteiger partial charge in [0.2, 0.25) is 0 Å². The van der Waals surface area contributed by atoms with Crippen LogP contribution in [0, 0.1) is 0 Å². The van der Waals surface area contributed by atoms with Gasteiger partial charge in [-0.15, -0.1) is 0 Å². The van der Waals surface area contributed by atoms with E-state index in [-0.39, 0.29) is 0 Å². The molecule has 0 unspecified atom stereocenters. The molecule has 0 aliphatic carbocycles. The summed E-state index contributed by atoms with van der Waals surface area (Å²) in [7, 11) is 0. The molecule has 296 valence electrons. The fourth-order valence-electron chi connectivity index (χ4n) is 6.49. The van der Waals surface area contributed by atoms with E-state index in [9.17, 15) is 0 Å². The number of rotatable bonds is 46. The monoisotopic (exact) mass is 699 g/mol. The molecule has 0 rings (SSSR count). The van der Waals surface area contributed by atoms with E-state index in [0.717, 1.165) is 13.2 Å². The second-order valence-corrected chi connectivity index (χ2v) is 14.7. The molecule has 0 heterocycles. The van der Waals surface area contributed by atoms with Crippen LogP contribution in [0.15, 0.2) is 0 Å². The fourth-order valence-corrected chi connectivity index (χ4v) is 6.49. The van der Waals surface area contributed by atoms with Crippen molar-refractivity contribution >= 4 is 0 Å². The minimum atomic E-state index is 0.609. The predicted octanol–water partition coefficient (Wildman–Crippen LogP) is 13.6. The molecule has 0 saturated carbocycles. The maximum absolute atomic E-state index is 5.71. The van der Waals surface area contributed by atoms with E-state index in [1.165, 1.54) is 205 Å². The van der Waals surface area contributed by atoms with Crippen molar-refractivity contribution in [2.45, 2.75) is 219 Å². The molecular formula is C44H90O5. The van der Waals surface area contributed by atoms with Crippen molar-refractivity contribution < 1.29 is 23.7 Å². The Labute approximate surface area is 308 Å². The maximum atomic E-state index is 5.71. The third-order valence-corrected chi connectivity index (χ3v) is 9.77. The molecule has 0 aromatic rings. The van der Waals surface area contributed by atoms with Crippen molar-refractivity contribution in [3.63, 3.8) is 0 Å². The van der Waals surface area contributed by atoms with Crippen LogP contribution in [0.25, 0.3) is 0 Å². The zero-order chi connectivity index (χ0) is 35.2. The summed E-state index contributed by atoms with van der Waals surface area (Å²) < 4.78 is 28.2. The van der Waals surface area contributed by atoms with E-state index < -0.39 is 0 Å². The molecule has 0 bridgehead atoms. The summed E-state index contributed by atoms with van der Waals surface area (Å²) >= 11 is 0. The van der Waals surface area contributed by atoms with Gasteiger partial charge < -0.3 is 23.7 Å². The van der Waals surface area contributed by atoms with Crippen molar-refractivity contribution in [1.82, 2.24) is 0 Å². The van der Waals surface area contributed by atoms with Gasteiger partial charge in [0.1, 0.15) is 0 Å². The van der Waals surface area contributed by atoms with Gasteiger partial charge in [0.25, 0.3) is 0 Å². The smallest absolute Gasteiger partial charge is 0.0701 e. The normalized spacial score (nSPS) is 11.6. The molecule has 0 radical (unpaired) electrons. The first-order chi connectivity index (χ1) is 24.4. The number of hydrogen-bond acceptors (Lipinski definition) is 5. The van der Waals surface area contributed by atoms with Gasteiger partial charge in [0.15, 0.2) is 0 Å². The van der Waals surface area contributed by atoms with E-state index in [1.54, 1.807) is 0 Å². The average molecular weight is 699 g/mol. The van der Waals surface area contributed by atoms with Crippen LogP contribution in [0.2, 0.25) is 0 Å². The fraction of sp³-hybridized carbons (Fsp3) is 1.00. The van der Waals surface area contributed by atoms with Gasteiger partial charge in [-0.3, -0.25) is 0 Å². The number of ether oxygens (including phenoxy) is 5. The molecule has 0 fully saturated rings. The lowest BCUT2D eigenvalue weighted by Crippen LogP contribution is -2.13. The van der Waals surface area contributed by atoms with Crippen LogP contribution in [-0.2, 0) is 23.7 Å². The van der Waals surface area contributed by atoms with E-state index >= 15 is 0 Å². The van der Waals surface area contributed by atoms with Crippen molar-refractivity contribution in [3.8, 4) is 0 Å². The lowest BCUT2D eigenvalue weighted by Gasteiger charge is -2.08. The molecule has 0 amide bonds. The average Bonchev–Trinajstić information content (AvgIpc) is 3.11. The Morgan fingerprint density at radius 2 is 0.306 bits per heavy atom. The SMILES string of the molecule is CCCCCCCCCCCCCCCCCCOCCOCCOCCOCCOCCCCCCCCCCCCCCCCCC. The summed E-state index contributed by atoms with van der Waals surface area (Å²) in [6.45, 7) is 11.4. The summed E-state index contributed by atoms with van der Waals surface area (Å²) in [5, 5.41) is 0. The highest BCUT2D eigenvalue weighted by Gasteiger charge is 1.98. The van der Waals surface area contributed by atoms with Crippen LogP contribution in [-0.4, -0.2) is 66.1 Å². The largest absolute Gasteiger partial charge is 0.379 e. The van der Waals surface area contributed by atoms with Crippen molar-refractivity contribution in [2.24, 2.45) is 0 Å². The van der Waals surface area contributed by atoms with Gasteiger partial charge in [-0.1, -0.05) is 206 Å². The molecule has 0 N–H and O–H groups in total. The highest BCUT2D eigenvalue weighted by atomic mass is 16.6. The lowest BCUT2D eigenvalue weighted by molar-refractivity contribution is -0.0114. The van der Waals surface area contributed by atoms with Crippen LogP contribution in [0.1, 0.15) is 219 Å². The zero-order valence-electron chi connectivity index (χ0n) is 33.7. The zero-order valence-corrected chi connectivity index (χ0v) is 33.7. The van der Waals surface area contributed by atoms with E-state index in [0.29, 0.717) is 52.9 Å². The van der Waals surface area contributed by atoms with E-state index in [2.05, 4.69) is 13.8 Å². The first-order valence-corrected chi connectivity index (χ1v) is 22.3. The highest BCUT2D eigenvalue weighted by Crippen LogP contribution is 2.15. The van der Waals surface area contributed by atoms with Gasteiger partial charge in [0.05, 0.1) is 52.9 Å². The minimum Gasteiger partial charge on any atom is -0.379 e. The second-order valence-electron chi connectivity index (χ2n) is 14.7. The molecule has 0 atom stereocenters. The molecule has 0 aromatic carbocycles. The third-order valence-electron chi connectivity index (χ3n) is 9.77. The van der Waals surface area contributed by atoms with Crippen molar-refractivity contribution in [1.29, 1.82) is 0 Å². The van der Waals surface area contributed by atoms with Crippen LogP contribution in [0.5, 0.6) is 0 Å². The Hall–Kier alpha value is -0.200. The van der Waals surface area contributed by atoms with E-state index in [4.69, 9.17) is 23.7 Å². The Morgan fingerprint density at radius 3 is 0.490 bits per heavy atom. The number of unbranched alkanes of at least 4 members (excludes halogenated alkanes) is 30. The quantitative estimate of drug-likeness (QED) is 0.0592. The second kappa shape index (κ2) is 47.8. The van der Waals surface area contributed by atoms with Crippen LogP contribution in [0.3, 0.4) is 0 Å². The first-order valence-electron chi connectivity index (χ1n) is 22.3. The molecule has 5 heteroatoms. The third kappa shape index (κ3) is 47.8. The number of hydrogen-bond donors (Lipinski definition) is 0. The molecule has 49 heavy (non-hydrogen) atoms. The van der Waals surface area contributed by atoms with Crippen LogP contribution < -0.4 is 0 Å². The Kier molecular flexibility index (Phi) is 47.6. The lowest BCUT2D eigenvalue weighted by atomic mass is 10.0. The maximum Gasteiger partial charge on any atom is 0.0701 e. The summed E-state index contributed by atoms with van der Waals surface area (Å²) in [5.74, 6) is 0. The van der Waals surface area contributed by atoms with Crippen LogP contribution in [0.4, 0.5) is 0 Å². The molecule has 0 saturated heterocycles. The highest BCUT2D eigenvalue weighted by molar-refractivity contribution is 4.52. The summed E-state index contributed by atoms with van der Waals surface area (Å²) in [4.78, 5) is 0. The van der Waals surface area contributed by atoms with Gasteiger partial charge in [-0.2, -0.15) is 0 Å². The van der Waals surface area contributed by atoms with Gasteiger partial charge in [0, 0.05) is 13.2 Å². The Bertz CT molecular complexity index is 499. The van der Waals surface area contributed by atoms with Crippen LogP contribution >= 0.6 is 0 Å². The van der Waals surface area contributed by atoms with Gasteiger partial charge >= 0.3 is 0 Å². The topological polar surface area (TPSA) is 46.2 Å². The minimum absolute atomic E-state index is 0.609. The van der Waals surface area contributed by atoms with Gasteiger partial charge in [-0.05, 0) is 12.8 Å². The molecule has 5 nitrogen and oxygen atoms in total. The Morgan fingerprint density at radius 1 is 0.163 bits per heavy atom. The summed E-state index contributed by atoms with van der Waals surface area (Å²) in [5.41, 5.74) is 0. The van der Waals surface area contributed by atoms with Crippen molar-refractivity contribution in [3.05, 3.63) is 0 Å².